The first-order valence-corrected chi connectivity index (χ1v) is 9.79. The predicted octanol–water partition coefficient (Wildman–Crippen LogP) is 3.74. The third-order valence-electron chi connectivity index (χ3n) is 4.82. The molecule has 4 rings (SSSR count). The Hall–Kier alpha value is -3.93. The maximum Gasteiger partial charge on any atom is 0.255 e. The van der Waals surface area contributed by atoms with Gasteiger partial charge < -0.3 is 16.4 Å². The highest BCUT2D eigenvalue weighted by molar-refractivity contribution is 6.24. The fraction of sp³-hybridized carbons (Fsp3) is 0.125. The molecule has 6 heteroatoms. The third-order valence-corrected chi connectivity index (χ3v) is 4.82. The van der Waals surface area contributed by atoms with Crippen molar-refractivity contribution in [3.05, 3.63) is 89.7 Å². The number of nitrogens with zero attached hydrogens (tertiary/aromatic N) is 1. The topological polar surface area (TPSA) is 97.1 Å². The second-order valence-electron chi connectivity index (χ2n) is 7.21. The van der Waals surface area contributed by atoms with Crippen LogP contribution in [0.4, 0.5) is 11.4 Å². The van der Waals surface area contributed by atoms with Gasteiger partial charge in [0.2, 0.25) is 0 Å². The van der Waals surface area contributed by atoms with Gasteiger partial charge in [0.1, 0.15) is 0 Å². The Labute approximate surface area is 174 Å². The molecule has 1 aromatic heterocycles. The molecule has 150 valence electrons. The van der Waals surface area contributed by atoms with Crippen LogP contribution in [0.3, 0.4) is 0 Å². The number of hydrogen-bond donors (Lipinski definition) is 3. The van der Waals surface area contributed by atoms with E-state index in [9.17, 15) is 9.59 Å². The first-order chi connectivity index (χ1) is 14.6. The summed E-state index contributed by atoms with van der Waals surface area (Å²) < 4.78 is 0. The molecule has 30 heavy (non-hydrogen) atoms. The Morgan fingerprint density at radius 3 is 2.40 bits per heavy atom. The second-order valence-corrected chi connectivity index (χ2v) is 7.21. The molecule has 2 aromatic carbocycles. The fourth-order valence-corrected chi connectivity index (χ4v) is 3.00. The van der Waals surface area contributed by atoms with E-state index >= 15 is 0 Å². The van der Waals surface area contributed by atoms with Crippen LogP contribution in [0, 0.1) is 0 Å². The Kier molecular flexibility index (Phi) is 5.57. The van der Waals surface area contributed by atoms with Gasteiger partial charge in [-0.3, -0.25) is 14.6 Å². The van der Waals surface area contributed by atoms with Crippen LogP contribution >= 0.6 is 0 Å². The first-order valence-electron chi connectivity index (χ1n) is 9.79. The van der Waals surface area contributed by atoms with Crippen LogP contribution in [-0.4, -0.2) is 22.8 Å². The van der Waals surface area contributed by atoms with Gasteiger partial charge in [-0.2, -0.15) is 0 Å². The average molecular weight is 398 g/mol. The number of nitrogen functional groups attached to an aromatic ring is 1. The molecule has 1 saturated carbocycles. The molecule has 0 bridgehead atoms. The quantitative estimate of drug-likeness (QED) is 0.435. The number of nitrogens with one attached hydrogen (secondary N) is 2. The number of carbonyl (C=O) groups excluding carboxylic acids is 2. The number of benzene rings is 2. The summed E-state index contributed by atoms with van der Waals surface area (Å²) in [5, 5.41) is 5.83. The van der Waals surface area contributed by atoms with Crippen molar-refractivity contribution < 1.29 is 9.59 Å². The lowest BCUT2D eigenvalue weighted by Crippen LogP contribution is -2.26. The number of carbonyl (C=O) groups is 2. The van der Waals surface area contributed by atoms with E-state index in [1.54, 1.807) is 42.7 Å². The maximum atomic E-state index is 12.7. The van der Waals surface area contributed by atoms with Crippen molar-refractivity contribution in [2.45, 2.75) is 18.9 Å². The summed E-state index contributed by atoms with van der Waals surface area (Å²) in [6.45, 7) is 0. The highest BCUT2D eigenvalue weighted by atomic mass is 16.2. The van der Waals surface area contributed by atoms with Crippen molar-refractivity contribution in [1.82, 2.24) is 10.3 Å². The van der Waals surface area contributed by atoms with Crippen molar-refractivity contribution >= 4 is 34.8 Å². The highest BCUT2D eigenvalue weighted by Gasteiger charge is 2.25. The van der Waals surface area contributed by atoms with E-state index in [1.807, 2.05) is 36.4 Å². The zero-order valence-corrected chi connectivity index (χ0v) is 16.3. The molecule has 4 N–H and O–H groups in total. The maximum absolute atomic E-state index is 12.7. The molecule has 1 aliphatic rings. The number of amides is 2. The summed E-state index contributed by atoms with van der Waals surface area (Å²) in [6, 6.07) is 18.1. The van der Waals surface area contributed by atoms with Crippen molar-refractivity contribution in [1.29, 1.82) is 0 Å². The molecule has 0 radical (unpaired) electrons. The van der Waals surface area contributed by atoms with Crippen molar-refractivity contribution in [3.8, 4) is 0 Å². The van der Waals surface area contributed by atoms with Crippen molar-refractivity contribution in [3.63, 3.8) is 0 Å². The van der Waals surface area contributed by atoms with E-state index < -0.39 is 0 Å². The molecule has 1 fully saturated rings. The van der Waals surface area contributed by atoms with Crippen LogP contribution in [-0.2, 0) is 4.79 Å². The molecule has 0 saturated heterocycles. The van der Waals surface area contributed by atoms with Crippen LogP contribution < -0.4 is 16.4 Å². The van der Waals surface area contributed by atoms with Crippen molar-refractivity contribution in [2.24, 2.45) is 0 Å². The van der Waals surface area contributed by atoms with Gasteiger partial charge in [0.25, 0.3) is 11.8 Å². The summed E-state index contributed by atoms with van der Waals surface area (Å²) in [5.41, 5.74) is 9.57. The number of rotatable bonds is 6. The number of hydrogen-bond acceptors (Lipinski definition) is 4. The van der Waals surface area contributed by atoms with Crippen LogP contribution in [0.5, 0.6) is 0 Å². The van der Waals surface area contributed by atoms with Crippen LogP contribution in [0.1, 0.15) is 34.3 Å². The van der Waals surface area contributed by atoms with Gasteiger partial charge in [0.15, 0.2) is 0 Å². The van der Waals surface area contributed by atoms with E-state index in [4.69, 9.17) is 5.73 Å². The highest BCUT2D eigenvalue weighted by Crippen LogP contribution is 2.23. The van der Waals surface area contributed by atoms with E-state index in [1.165, 1.54) is 0 Å². The summed E-state index contributed by atoms with van der Waals surface area (Å²) in [6.07, 6.45) is 7.19. The minimum absolute atomic E-state index is 0.119. The van der Waals surface area contributed by atoms with Crippen LogP contribution in [0.25, 0.3) is 11.6 Å². The minimum atomic E-state index is -0.248. The molecule has 3 aromatic rings. The Morgan fingerprint density at radius 2 is 1.73 bits per heavy atom. The first kappa shape index (κ1) is 19.4. The number of pyridine rings is 1. The molecule has 0 spiro atoms. The summed E-state index contributed by atoms with van der Waals surface area (Å²) in [7, 11) is 0. The molecule has 0 unspecified atom stereocenters. The van der Waals surface area contributed by atoms with Crippen molar-refractivity contribution in [2.75, 3.05) is 11.1 Å². The lowest BCUT2D eigenvalue weighted by atomic mass is 10.0. The van der Waals surface area contributed by atoms with Gasteiger partial charge in [-0.1, -0.05) is 30.3 Å². The lowest BCUT2D eigenvalue weighted by molar-refractivity contribution is -0.115. The molecular weight excluding hydrogens is 376 g/mol. The number of anilines is 2. The monoisotopic (exact) mass is 398 g/mol. The predicted molar refractivity (Wildman–Crippen MR) is 119 cm³/mol. The second kappa shape index (κ2) is 8.61. The zero-order chi connectivity index (χ0) is 20.9. The largest absolute Gasteiger partial charge is 0.397 e. The zero-order valence-electron chi connectivity index (χ0n) is 16.3. The van der Waals surface area contributed by atoms with E-state index in [0.29, 0.717) is 22.5 Å². The normalized spacial score (nSPS) is 13.5. The van der Waals surface area contributed by atoms with E-state index in [-0.39, 0.29) is 17.9 Å². The van der Waals surface area contributed by atoms with Gasteiger partial charge in [0, 0.05) is 35.1 Å². The SMILES string of the molecule is Nc1ccccc1NC(=O)c1ccc(/C=C(\C(=O)NC2CC2)c2cccnc2)cc1. The Balaban J connectivity index is 1.55. The number of para-hydroxylation sites is 2. The Bertz CT molecular complexity index is 1090. The summed E-state index contributed by atoms with van der Waals surface area (Å²) in [4.78, 5) is 29.4. The average Bonchev–Trinajstić information content (AvgIpc) is 3.58. The van der Waals surface area contributed by atoms with Gasteiger partial charge >= 0.3 is 0 Å². The van der Waals surface area contributed by atoms with E-state index in [2.05, 4.69) is 15.6 Å². The van der Waals surface area contributed by atoms with E-state index in [0.717, 1.165) is 24.0 Å². The van der Waals surface area contributed by atoms with Gasteiger partial charge in [-0.15, -0.1) is 0 Å². The van der Waals surface area contributed by atoms with Crippen LogP contribution in [0.2, 0.25) is 0 Å². The van der Waals surface area contributed by atoms with Gasteiger partial charge in [0.05, 0.1) is 11.4 Å². The number of nitrogens with two attached hydrogens (primary N) is 1. The third kappa shape index (κ3) is 4.72. The molecule has 1 heterocycles. The fourth-order valence-electron chi connectivity index (χ4n) is 3.00. The number of aromatic nitrogens is 1. The molecule has 1 aliphatic carbocycles. The molecule has 0 atom stereocenters. The molecule has 6 nitrogen and oxygen atoms in total. The lowest BCUT2D eigenvalue weighted by Gasteiger charge is -2.10. The standard InChI is InChI=1S/C24H22N4O2/c25-21-5-1-2-6-22(21)28-23(29)17-9-7-16(8-10-17)14-20(18-4-3-13-26-15-18)24(30)27-19-11-12-19/h1-10,13-15,19H,11-12,25H2,(H,27,30)(H,28,29)/b20-14-. The Morgan fingerprint density at radius 1 is 0.967 bits per heavy atom. The van der Waals surface area contributed by atoms with Gasteiger partial charge in [-0.05, 0) is 54.8 Å². The van der Waals surface area contributed by atoms with Gasteiger partial charge in [-0.25, -0.2) is 0 Å². The smallest absolute Gasteiger partial charge is 0.255 e. The molecular formula is C24H22N4O2. The van der Waals surface area contributed by atoms with Crippen LogP contribution in [0.15, 0.2) is 73.1 Å². The molecule has 2 amide bonds. The minimum Gasteiger partial charge on any atom is -0.397 e. The summed E-state index contributed by atoms with van der Waals surface area (Å²) >= 11 is 0. The molecule has 0 aliphatic heterocycles. The summed E-state index contributed by atoms with van der Waals surface area (Å²) in [5.74, 6) is -0.366.